The van der Waals surface area contributed by atoms with Gasteiger partial charge in [-0.05, 0) is 17.7 Å². The lowest BCUT2D eigenvalue weighted by atomic mass is 10.2. The molecule has 0 saturated heterocycles. The number of hydrogen-bond donors (Lipinski definition) is 3. The van der Waals surface area contributed by atoms with E-state index in [0.29, 0.717) is 15.5 Å². The molecule has 0 amide bonds. The summed E-state index contributed by atoms with van der Waals surface area (Å²) in [6, 6.07) is 6.41. The van der Waals surface area contributed by atoms with Crippen molar-refractivity contribution in [3.8, 4) is 0 Å². The number of carbonyl (C=O) groups is 2. The van der Waals surface area contributed by atoms with E-state index >= 15 is 0 Å². The highest BCUT2D eigenvalue weighted by Crippen LogP contribution is 2.26. The molecule has 0 bridgehead atoms. The van der Waals surface area contributed by atoms with Gasteiger partial charge in [0.25, 0.3) is 0 Å². The molecule has 0 radical (unpaired) electrons. The molecule has 11 heteroatoms. The molecule has 0 spiro atoms. The Morgan fingerprint density at radius 1 is 1.15 bits per heavy atom. The van der Waals surface area contributed by atoms with Crippen LogP contribution in [-0.4, -0.2) is 33.4 Å². The molecular formula is C15H10Cl3N3O4S. The van der Waals surface area contributed by atoms with Crippen LogP contribution in [0.1, 0.15) is 10.4 Å². The Balaban J connectivity index is 2.30. The molecular weight excluding hydrogens is 425 g/mol. The first-order chi connectivity index (χ1) is 12.3. The Kier molecular flexibility index (Phi) is 6.98. The number of aliphatic imine (C=N–C) groups is 1. The number of aromatic nitrogens is 1. The summed E-state index contributed by atoms with van der Waals surface area (Å²) in [5.41, 5.74) is -0.711. The molecule has 2 aromatic rings. The predicted molar refractivity (Wildman–Crippen MR) is 100 cm³/mol. The van der Waals surface area contributed by atoms with E-state index in [2.05, 4.69) is 15.3 Å². The monoisotopic (exact) mass is 433 g/mol. The van der Waals surface area contributed by atoms with Crippen LogP contribution in [0.25, 0.3) is 0 Å². The zero-order chi connectivity index (χ0) is 19.3. The van der Waals surface area contributed by atoms with Crippen LogP contribution in [0.4, 0.5) is 0 Å². The molecule has 0 aliphatic carbocycles. The van der Waals surface area contributed by atoms with Gasteiger partial charge in [-0.25, -0.2) is 19.6 Å². The number of carboxylic acid groups (broad SMARTS) is 2. The van der Waals surface area contributed by atoms with E-state index in [-0.39, 0.29) is 16.2 Å². The van der Waals surface area contributed by atoms with Crippen LogP contribution in [-0.2, 0) is 16.1 Å². The van der Waals surface area contributed by atoms with Crippen LogP contribution < -0.4 is 5.32 Å². The summed E-state index contributed by atoms with van der Waals surface area (Å²) >= 11 is 18.4. The van der Waals surface area contributed by atoms with Crippen LogP contribution >= 0.6 is 46.1 Å². The molecule has 1 aromatic carbocycles. The second-order valence-electron chi connectivity index (χ2n) is 4.68. The fourth-order valence-corrected chi connectivity index (χ4v) is 3.22. The van der Waals surface area contributed by atoms with Crippen molar-refractivity contribution in [1.82, 2.24) is 10.3 Å². The summed E-state index contributed by atoms with van der Waals surface area (Å²) in [5, 5.41) is 21.8. The van der Waals surface area contributed by atoms with Gasteiger partial charge < -0.3 is 15.5 Å². The molecule has 136 valence electrons. The Hall–Kier alpha value is -2.13. The zero-order valence-corrected chi connectivity index (χ0v) is 15.8. The first-order valence-corrected chi connectivity index (χ1v) is 8.78. The van der Waals surface area contributed by atoms with Crippen LogP contribution in [0, 0.1) is 0 Å². The molecule has 3 N–H and O–H groups in total. The molecule has 7 nitrogen and oxygen atoms in total. The van der Waals surface area contributed by atoms with E-state index in [1.807, 2.05) is 0 Å². The van der Waals surface area contributed by atoms with Gasteiger partial charge in [-0.15, -0.1) is 11.3 Å². The van der Waals surface area contributed by atoms with Crippen molar-refractivity contribution in [2.45, 2.75) is 6.54 Å². The Morgan fingerprint density at radius 2 is 1.81 bits per heavy atom. The minimum Gasteiger partial charge on any atom is -0.477 e. The Morgan fingerprint density at radius 3 is 2.31 bits per heavy atom. The molecule has 1 heterocycles. The second-order valence-corrected chi connectivity index (χ2v) is 7.14. The molecule has 1 aromatic heterocycles. The number of thiazole rings is 1. The smallest absolute Gasteiger partial charge is 0.356 e. The summed E-state index contributed by atoms with van der Waals surface area (Å²) in [4.78, 5) is 30.9. The highest BCUT2D eigenvalue weighted by atomic mass is 35.5. The summed E-state index contributed by atoms with van der Waals surface area (Å²) < 4.78 is 0.187. The average molecular weight is 435 g/mol. The van der Waals surface area contributed by atoms with Gasteiger partial charge in [0.2, 0.25) is 0 Å². The molecule has 0 saturated carbocycles. The van der Waals surface area contributed by atoms with Crippen molar-refractivity contribution in [2.24, 2.45) is 4.99 Å². The average Bonchev–Trinajstić information content (AvgIpc) is 2.89. The number of rotatable bonds is 7. The lowest BCUT2D eigenvalue weighted by Gasteiger charge is -2.08. The second kappa shape index (κ2) is 9.00. The van der Waals surface area contributed by atoms with Gasteiger partial charge in [0.15, 0.2) is 15.9 Å². The number of benzene rings is 1. The van der Waals surface area contributed by atoms with Crippen LogP contribution in [0.15, 0.2) is 40.7 Å². The van der Waals surface area contributed by atoms with Crippen molar-refractivity contribution in [3.63, 3.8) is 0 Å². The maximum absolute atomic E-state index is 11.5. The third-order valence-electron chi connectivity index (χ3n) is 2.92. The largest absolute Gasteiger partial charge is 0.477 e. The summed E-state index contributed by atoms with van der Waals surface area (Å²) in [6.45, 7) is -0.0713. The number of nitrogens with zero attached hydrogens (tertiary/aromatic N) is 2. The summed E-state index contributed by atoms with van der Waals surface area (Å²) in [7, 11) is 0. The van der Waals surface area contributed by atoms with Crippen molar-refractivity contribution >= 4 is 64.3 Å². The van der Waals surface area contributed by atoms with Gasteiger partial charge in [0, 0.05) is 11.2 Å². The highest BCUT2D eigenvalue weighted by Gasteiger charge is 2.20. The normalized spacial score (nSPS) is 12.1. The standard InChI is InChI=1S/C15H10Cl3N3O4S/c16-8-3-1-7(2-4-8)5-19-10(13(22)23)11(14(24)25)20-6-9-12(17)21-15(18)26-9/h1-5,20H,6H2,(H,22,23)(H,24,25)/b11-10-,19-5?. The van der Waals surface area contributed by atoms with Gasteiger partial charge in [-0.2, -0.15) is 0 Å². The van der Waals surface area contributed by atoms with Crippen LogP contribution in [0.2, 0.25) is 14.6 Å². The highest BCUT2D eigenvalue weighted by molar-refractivity contribution is 7.16. The molecule has 0 fully saturated rings. The SMILES string of the molecule is O=C(O)/C(N=Cc1ccc(Cl)cc1)=C(/NCc1sc(Cl)nc1Cl)C(=O)O. The fraction of sp³-hybridized carbons (Fsp3) is 0.0667. The summed E-state index contributed by atoms with van der Waals surface area (Å²) in [5.74, 6) is -2.99. The van der Waals surface area contributed by atoms with E-state index < -0.39 is 23.3 Å². The van der Waals surface area contributed by atoms with E-state index in [9.17, 15) is 19.8 Å². The third kappa shape index (κ3) is 5.43. The summed E-state index contributed by atoms with van der Waals surface area (Å²) in [6.07, 6.45) is 1.22. The maximum Gasteiger partial charge on any atom is 0.356 e. The third-order valence-corrected chi connectivity index (χ3v) is 4.75. The topological polar surface area (TPSA) is 112 Å². The Bertz CT molecular complexity index is 894. The predicted octanol–water partition coefficient (Wildman–Crippen LogP) is 3.69. The number of halogens is 3. The molecule has 0 aliphatic rings. The Labute approximate surface area is 166 Å². The van der Waals surface area contributed by atoms with Crippen molar-refractivity contribution in [3.05, 3.63) is 60.7 Å². The fourth-order valence-electron chi connectivity index (χ4n) is 1.76. The van der Waals surface area contributed by atoms with E-state index in [0.717, 1.165) is 11.3 Å². The van der Waals surface area contributed by atoms with E-state index in [1.54, 1.807) is 24.3 Å². The van der Waals surface area contributed by atoms with Gasteiger partial charge in [-0.1, -0.05) is 46.9 Å². The minimum atomic E-state index is -1.51. The number of aliphatic carboxylic acids is 2. The lowest BCUT2D eigenvalue weighted by molar-refractivity contribution is -0.136. The number of nitrogens with one attached hydrogen (secondary N) is 1. The van der Waals surface area contributed by atoms with Gasteiger partial charge >= 0.3 is 11.9 Å². The first-order valence-electron chi connectivity index (χ1n) is 6.83. The number of hydrogen-bond acceptors (Lipinski definition) is 6. The van der Waals surface area contributed by atoms with Crippen molar-refractivity contribution in [2.75, 3.05) is 0 Å². The molecule has 2 rings (SSSR count). The van der Waals surface area contributed by atoms with Crippen molar-refractivity contribution in [1.29, 1.82) is 0 Å². The van der Waals surface area contributed by atoms with Gasteiger partial charge in [0.05, 0.1) is 11.4 Å². The minimum absolute atomic E-state index is 0.0713. The van der Waals surface area contributed by atoms with E-state index in [4.69, 9.17) is 34.8 Å². The maximum atomic E-state index is 11.5. The van der Waals surface area contributed by atoms with Gasteiger partial charge in [-0.3, -0.25) is 0 Å². The molecule has 0 atom stereocenters. The van der Waals surface area contributed by atoms with Crippen molar-refractivity contribution < 1.29 is 19.8 Å². The van der Waals surface area contributed by atoms with E-state index in [1.165, 1.54) is 6.21 Å². The lowest BCUT2D eigenvalue weighted by Crippen LogP contribution is -2.24. The van der Waals surface area contributed by atoms with Gasteiger partial charge in [0.1, 0.15) is 5.15 Å². The van der Waals surface area contributed by atoms with Crippen LogP contribution in [0.5, 0.6) is 0 Å². The zero-order valence-electron chi connectivity index (χ0n) is 12.7. The quantitative estimate of drug-likeness (QED) is 0.452. The van der Waals surface area contributed by atoms with Crippen LogP contribution in [0.3, 0.4) is 0 Å². The number of carboxylic acids is 2. The molecule has 0 aliphatic heterocycles. The first kappa shape index (κ1) is 20.2. The molecule has 26 heavy (non-hydrogen) atoms. The molecule has 0 unspecified atom stereocenters.